The molecule has 0 aromatic carbocycles. The van der Waals surface area contributed by atoms with Crippen molar-refractivity contribution in [2.45, 2.75) is 6.92 Å². The maximum Gasteiger partial charge on any atom is 0.219 e. The van der Waals surface area contributed by atoms with Crippen molar-refractivity contribution in [3.05, 3.63) is 0 Å². The first-order chi connectivity index (χ1) is 5.83. The van der Waals surface area contributed by atoms with Gasteiger partial charge in [0.15, 0.2) is 0 Å². The van der Waals surface area contributed by atoms with Crippen LogP contribution >= 0.6 is 0 Å². The predicted molar refractivity (Wildman–Crippen MR) is 54.0 cm³/mol. The number of carbonyl (C=O) groups excluding carboxylic acids is 1. The molecule has 0 rings (SSSR count). The van der Waals surface area contributed by atoms with E-state index >= 15 is 0 Å². The minimum Gasteiger partial charge on any atom is -1.00 e. The number of carbonyl (C=O) groups is 1. The highest BCUT2D eigenvalue weighted by Gasteiger charge is 2.02. The average molecular weight is 310 g/mol. The van der Waals surface area contributed by atoms with Crippen LogP contribution in [-0.4, -0.2) is 56.6 Å². The molecular weight excluding hydrogens is 291 g/mol. The van der Waals surface area contributed by atoms with Gasteiger partial charge in [0.2, 0.25) is 5.91 Å². The molecule has 0 aliphatic rings. The Morgan fingerprint density at radius 1 is 1.29 bits per heavy atom. The Morgan fingerprint density at radius 2 is 1.79 bits per heavy atom. The van der Waals surface area contributed by atoms with Gasteiger partial charge in [-0.3, -0.25) is 4.79 Å². The maximum atomic E-state index is 10.8. The Kier molecular flexibility index (Phi) is 8.16. The van der Waals surface area contributed by atoms with Crippen LogP contribution < -0.4 is 24.0 Å². The number of amides is 1. The van der Waals surface area contributed by atoms with Crippen LogP contribution in [-0.2, 0) is 4.79 Å². The van der Waals surface area contributed by atoms with Crippen molar-refractivity contribution < 1.29 is 33.3 Å². The molecule has 0 heterocycles. The Labute approximate surface area is 104 Å². The highest BCUT2D eigenvalue weighted by atomic mass is 127. The fraction of sp³-hybridized carbons (Fsp3) is 0.700. The van der Waals surface area contributed by atoms with Crippen LogP contribution in [0.4, 0.5) is 0 Å². The summed E-state index contributed by atoms with van der Waals surface area (Å²) in [7, 11) is 8.01. The summed E-state index contributed by atoms with van der Waals surface area (Å²) in [6, 6.07) is 0. The highest BCUT2D eigenvalue weighted by Crippen LogP contribution is 1.86. The van der Waals surface area contributed by atoms with E-state index in [2.05, 4.69) is 33.0 Å². The van der Waals surface area contributed by atoms with Crippen LogP contribution in [0.15, 0.2) is 0 Å². The number of nitrogens with zero attached hydrogens (tertiary/aromatic N) is 2. The third kappa shape index (κ3) is 9.81. The largest absolute Gasteiger partial charge is 1.00 e. The molecular formula is C10H19IN2O. The van der Waals surface area contributed by atoms with Crippen molar-refractivity contribution in [3.63, 3.8) is 0 Å². The van der Waals surface area contributed by atoms with Crippen molar-refractivity contribution in [1.82, 2.24) is 4.90 Å². The summed E-state index contributed by atoms with van der Waals surface area (Å²) in [6.45, 7) is 2.88. The molecule has 0 radical (unpaired) electrons. The Hall–Kier alpha value is -0.280. The lowest BCUT2D eigenvalue weighted by molar-refractivity contribution is -0.862. The van der Waals surface area contributed by atoms with E-state index < -0.39 is 0 Å². The van der Waals surface area contributed by atoms with E-state index in [1.54, 1.807) is 18.9 Å². The Morgan fingerprint density at radius 3 is 2.14 bits per heavy atom. The topological polar surface area (TPSA) is 20.3 Å². The summed E-state index contributed by atoms with van der Waals surface area (Å²) >= 11 is 0. The molecule has 0 aliphatic carbocycles. The molecule has 0 atom stereocenters. The molecule has 3 nitrogen and oxygen atoms in total. The van der Waals surface area contributed by atoms with Crippen LogP contribution in [0.1, 0.15) is 6.92 Å². The molecule has 0 aromatic rings. The summed E-state index contributed by atoms with van der Waals surface area (Å²) in [5, 5.41) is 0. The summed E-state index contributed by atoms with van der Waals surface area (Å²) in [5.41, 5.74) is 0. The zero-order valence-corrected chi connectivity index (χ0v) is 11.8. The van der Waals surface area contributed by atoms with Gasteiger partial charge in [0.25, 0.3) is 0 Å². The summed E-state index contributed by atoms with van der Waals surface area (Å²) < 4.78 is 0.830. The van der Waals surface area contributed by atoms with Crippen LogP contribution in [0.3, 0.4) is 0 Å². The van der Waals surface area contributed by atoms with E-state index in [0.29, 0.717) is 6.54 Å². The van der Waals surface area contributed by atoms with Crippen molar-refractivity contribution in [1.29, 1.82) is 0 Å². The minimum atomic E-state index is 0. The van der Waals surface area contributed by atoms with Crippen molar-refractivity contribution in [2.24, 2.45) is 0 Å². The third-order valence-corrected chi connectivity index (χ3v) is 1.53. The van der Waals surface area contributed by atoms with Gasteiger partial charge in [0.05, 0.1) is 27.7 Å². The number of halogens is 1. The molecule has 0 aliphatic heterocycles. The van der Waals surface area contributed by atoms with Crippen LogP contribution in [0.25, 0.3) is 0 Å². The van der Waals surface area contributed by atoms with Gasteiger partial charge in [-0.15, -0.1) is 0 Å². The minimum absolute atomic E-state index is 0. The molecule has 0 spiro atoms. The van der Waals surface area contributed by atoms with Crippen molar-refractivity contribution >= 4 is 5.91 Å². The maximum absolute atomic E-state index is 10.8. The number of hydrogen-bond acceptors (Lipinski definition) is 1. The second kappa shape index (κ2) is 7.07. The molecule has 0 fully saturated rings. The fourth-order valence-corrected chi connectivity index (χ4v) is 0.579. The SMILES string of the molecule is CC(=O)N(C)CC#CC[N+](C)(C)C.[I-]. The summed E-state index contributed by atoms with van der Waals surface area (Å²) in [4.78, 5) is 12.4. The van der Waals surface area contributed by atoms with Crippen LogP contribution in [0.2, 0.25) is 0 Å². The third-order valence-electron chi connectivity index (χ3n) is 1.53. The molecule has 4 heteroatoms. The van der Waals surface area contributed by atoms with Gasteiger partial charge >= 0.3 is 0 Å². The van der Waals surface area contributed by atoms with Crippen molar-refractivity contribution in [3.8, 4) is 11.8 Å². The first-order valence-electron chi connectivity index (χ1n) is 4.31. The number of quaternary nitrogens is 1. The van der Waals surface area contributed by atoms with Gasteiger partial charge < -0.3 is 33.4 Å². The van der Waals surface area contributed by atoms with E-state index in [0.717, 1.165) is 11.0 Å². The summed E-state index contributed by atoms with van der Waals surface area (Å²) in [5.74, 6) is 6.06. The standard InChI is InChI=1S/C10H19N2O.HI/c1-10(13)11(2)8-6-7-9-12(3,4)5;/h8-9H2,1-5H3;1H/q+1;/p-1. The normalized spacial score (nSPS) is 9.50. The molecule has 0 unspecified atom stereocenters. The van der Waals surface area contributed by atoms with Crippen molar-refractivity contribution in [2.75, 3.05) is 41.3 Å². The van der Waals surface area contributed by atoms with Gasteiger partial charge in [-0.25, -0.2) is 0 Å². The molecule has 1 amide bonds. The predicted octanol–water partition coefficient (Wildman–Crippen LogP) is -2.82. The highest BCUT2D eigenvalue weighted by molar-refractivity contribution is 5.73. The lowest BCUT2D eigenvalue weighted by atomic mass is 10.4. The molecule has 0 N–H and O–H groups in total. The summed E-state index contributed by atoms with van der Waals surface area (Å²) in [6.07, 6.45) is 0. The van der Waals surface area contributed by atoms with Gasteiger partial charge in [0.1, 0.15) is 6.54 Å². The zero-order chi connectivity index (χ0) is 10.5. The quantitative estimate of drug-likeness (QED) is 0.306. The van der Waals surface area contributed by atoms with E-state index in [1.807, 2.05) is 0 Å². The molecule has 0 saturated heterocycles. The molecule has 0 bridgehead atoms. The van der Waals surface area contributed by atoms with Gasteiger partial charge in [0, 0.05) is 14.0 Å². The molecule has 14 heavy (non-hydrogen) atoms. The van der Waals surface area contributed by atoms with Gasteiger partial charge in [-0.1, -0.05) is 5.92 Å². The molecule has 0 saturated carbocycles. The smallest absolute Gasteiger partial charge is 0.219 e. The Bertz CT molecular complexity index is 235. The average Bonchev–Trinajstić information content (AvgIpc) is 1.95. The monoisotopic (exact) mass is 310 g/mol. The lowest BCUT2D eigenvalue weighted by Crippen LogP contribution is -3.00. The second-order valence-corrected chi connectivity index (χ2v) is 4.18. The number of rotatable bonds is 2. The molecule has 0 aromatic heterocycles. The van der Waals surface area contributed by atoms with E-state index in [4.69, 9.17) is 0 Å². The first-order valence-corrected chi connectivity index (χ1v) is 4.31. The lowest BCUT2D eigenvalue weighted by Gasteiger charge is -2.20. The van der Waals surface area contributed by atoms with Gasteiger partial charge in [-0.05, 0) is 5.92 Å². The second-order valence-electron chi connectivity index (χ2n) is 4.18. The van der Waals surface area contributed by atoms with Gasteiger partial charge in [-0.2, -0.15) is 0 Å². The van der Waals surface area contributed by atoms with E-state index in [9.17, 15) is 4.79 Å². The van der Waals surface area contributed by atoms with Crippen LogP contribution in [0, 0.1) is 11.8 Å². The van der Waals surface area contributed by atoms with Crippen LogP contribution in [0.5, 0.6) is 0 Å². The first kappa shape index (κ1) is 16.2. The fourth-order valence-electron chi connectivity index (χ4n) is 0.579. The Balaban J connectivity index is 0. The van der Waals surface area contributed by atoms with E-state index in [1.165, 1.54) is 0 Å². The molecule has 82 valence electrons. The van der Waals surface area contributed by atoms with E-state index in [-0.39, 0.29) is 29.9 Å². The zero-order valence-electron chi connectivity index (χ0n) is 9.59. The number of hydrogen-bond donors (Lipinski definition) is 0.